The van der Waals surface area contributed by atoms with Crippen LogP contribution in [0, 0.1) is 15.5 Å². The van der Waals surface area contributed by atoms with Gasteiger partial charge in [-0.25, -0.2) is 0 Å². The van der Waals surface area contributed by atoms with Gasteiger partial charge in [-0.05, 0) is 17.9 Å². The van der Waals surface area contributed by atoms with Gasteiger partial charge in [0.05, 0.1) is 4.92 Å². The van der Waals surface area contributed by atoms with E-state index < -0.39 is 0 Å². The maximum atomic E-state index is 10.5. The first-order chi connectivity index (χ1) is 7.94. The minimum absolute atomic E-state index is 0.0396. The van der Waals surface area contributed by atoms with E-state index in [1.165, 1.54) is 17.4 Å². The molecule has 1 aromatic rings. The molecule has 0 aliphatic rings. The standard InChI is InChI=1S/C11H18N2O3S/c1-11(2,5-6-14)8-12-7-9-3-4-10(17-9)13(15)16/h3-4,12,14H,5-8H2,1-2H3. The van der Waals surface area contributed by atoms with Gasteiger partial charge in [0.2, 0.25) is 0 Å². The monoisotopic (exact) mass is 258 g/mol. The zero-order chi connectivity index (χ0) is 12.9. The summed E-state index contributed by atoms with van der Waals surface area (Å²) in [6.45, 7) is 5.74. The fourth-order valence-corrected chi connectivity index (χ4v) is 2.26. The van der Waals surface area contributed by atoms with Crippen LogP contribution < -0.4 is 5.32 Å². The van der Waals surface area contributed by atoms with Crippen LogP contribution in [0.4, 0.5) is 5.00 Å². The molecule has 1 heterocycles. The van der Waals surface area contributed by atoms with Crippen molar-refractivity contribution in [3.05, 3.63) is 27.1 Å². The smallest absolute Gasteiger partial charge is 0.324 e. The third-order valence-electron chi connectivity index (χ3n) is 2.52. The van der Waals surface area contributed by atoms with Crippen LogP contribution in [0.1, 0.15) is 25.1 Å². The molecule has 17 heavy (non-hydrogen) atoms. The predicted molar refractivity (Wildman–Crippen MR) is 68.2 cm³/mol. The van der Waals surface area contributed by atoms with Gasteiger partial charge >= 0.3 is 5.00 Å². The molecule has 0 saturated carbocycles. The summed E-state index contributed by atoms with van der Waals surface area (Å²) in [5.74, 6) is 0. The van der Waals surface area contributed by atoms with Crippen molar-refractivity contribution in [2.24, 2.45) is 5.41 Å². The fourth-order valence-electron chi connectivity index (χ4n) is 1.47. The van der Waals surface area contributed by atoms with Crippen LogP contribution in [0.3, 0.4) is 0 Å². The highest BCUT2D eigenvalue weighted by Gasteiger charge is 2.16. The Morgan fingerprint density at radius 2 is 2.24 bits per heavy atom. The molecule has 0 aliphatic carbocycles. The van der Waals surface area contributed by atoms with Crippen molar-refractivity contribution >= 4 is 16.3 Å². The van der Waals surface area contributed by atoms with E-state index >= 15 is 0 Å². The molecule has 0 amide bonds. The molecule has 0 aliphatic heterocycles. The summed E-state index contributed by atoms with van der Waals surface area (Å²) >= 11 is 1.19. The van der Waals surface area contributed by atoms with E-state index in [1.54, 1.807) is 6.07 Å². The Morgan fingerprint density at radius 3 is 2.76 bits per heavy atom. The van der Waals surface area contributed by atoms with Crippen molar-refractivity contribution in [1.29, 1.82) is 0 Å². The third-order valence-corrected chi connectivity index (χ3v) is 3.56. The van der Waals surface area contributed by atoms with Crippen LogP contribution in [0.15, 0.2) is 12.1 Å². The Balaban J connectivity index is 2.38. The summed E-state index contributed by atoms with van der Waals surface area (Å²) in [6, 6.07) is 3.30. The van der Waals surface area contributed by atoms with E-state index in [0.29, 0.717) is 6.54 Å². The number of aliphatic hydroxyl groups is 1. The average molecular weight is 258 g/mol. The zero-order valence-electron chi connectivity index (χ0n) is 10.1. The number of nitrogens with one attached hydrogen (secondary N) is 1. The van der Waals surface area contributed by atoms with Gasteiger partial charge in [-0.1, -0.05) is 25.2 Å². The second-order valence-electron chi connectivity index (χ2n) is 4.74. The second kappa shape index (κ2) is 6.09. The molecule has 1 aromatic heterocycles. The van der Waals surface area contributed by atoms with Crippen molar-refractivity contribution < 1.29 is 10.0 Å². The van der Waals surface area contributed by atoms with E-state index in [1.807, 2.05) is 0 Å². The molecule has 0 saturated heterocycles. The summed E-state index contributed by atoms with van der Waals surface area (Å²) < 4.78 is 0. The number of hydrogen-bond donors (Lipinski definition) is 2. The minimum Gasteiger partial charge on any atom is -0.396 e. The van der Waals surface area contributed by atoms with Crippen LogP contribution in [0.25, 0.3) is 0 Å². The number of nitro groups is 1. The van der Waals surface area contributed by atoms with E-state index in [9.17, 15) is 10.1 Å². The van der Waals surface area contributed by atoms with Crippen LogP contribution in [-0.2, 0) is 6.54 Å². The van der Waals surface area contributed by atoms with Gasteiger partial charge in [0, 0.05) is 30.6 Å². The maximum absolute atomic E-state index is 10.5. The number of aliphatic hydroxyl groups excluding tert-OH is 1. The first-order valence-corrected chi connectivity index (χ1v) is 6.31. The lowest BCUT2D eigenvalue weighted by molar-refractivity contribution is -0.380. The SMILES string of the molecule is CC(C)(CCO)CNCc1ccc([N+](=O)[O-])s1. The highest BCUT2D eigenvalue weighted by atomic mass is 32.1. The van der Waals surface area contributed by atoms with E-state index in [-0.39, 0.29) is 21.9 Å². The number of rotatable bonds is 7. The van der Waals surface area contributed by atoms with E-state index in [4.69, 9.17) is 5.11 Å². The first-order valence-electron chi connectivity index (χ1n) is 5.49. The maximum Gasteiger partial charge on any atom is 0.324 e. The highest BCUT2D eigenvalue weighted by molar-refractivity contribution is 7.15. The molecule has 0 aromatic carbocycles. The Morgan fingerprint density at radius 1 is 1.53 bits per heavy atom. The quantitative estimate of drug-likeness (QED) is 0.580. The Kier molecular flexibility index (Phi) is 5.04. The van der Waals surface area contributed by atoms with E-state index in [2.05, 4.69) is 19.2 Å². The van der Waals surface area contributed by atoms with Crippen molar-refractivity contribution in [2.75, 3.05) is 13.2 Å². The zero-order valence-corrected chi connectivity index (χ0v) is 10.9. The number of nitrogens with zero attached hydrogens (tertiary/aromatic N) is 1. The Hall–Kier alpha value is -0.980. The molecule has 0 fully saturated rings. The van der Waals surface area contributed by atoms with Crippen LogP contribution in [0.2, 0.25) is 0 Å². The molecule has 0 atom stereocenters. The lowest BCUT2D eigenvalue weighted by Gasteiger charge is -2.23. The topological polar surface area (TPSA) is 75.4 Å². The van der Waals surface area contributed by atoms with Crippen LogP contribution >= 0.6 is 11.3 Å². The van der Waals surface area contributed by atoms with Gasteiger partial charge in [-0.2, -0.15) is 0 Å². The lowest BCUT2D eigenvalue weighted by atomic mass is 9.90. The molecule has 96 valence electrons. The normalized spacial score (nSPS) is 11.7. The highest BCUT2D eigenvalue weighted by Crippen LogP contribution is 2.24. The Bertz CT molecular complexity index is 377. The van der Waals surface area contributed by atoms with Crippen molar-refractivity contribution in [1.82, 2.24) is 5.32 Å². The van der Waals surface area contributed by atoms with Gasteiger partial charge in [-0.15, -0.1) is 0 Å². The molecule has 0 bridgehead atoms. The van der Waals surface area contributed by atoms with Crippen molar-refractivity contribution in [3.8, 4) is 0 Å². The molecule has 0 spiro atoms. The summed E-state index contributed by atoms with van der Waals surface area (Å²) in [5, 5.41) is 22.8. The predicted octanol–water partition coefficient (Wildman–Crippen LogP) is 2.15. The molecule has 2 N–H and O–H groups in total. The Labute approximate surface area is 105 Å². The van der Waals surface area contributed by atoms with Crippen LogP contribution in [0.5, 0.6) is 0 Å². The molecule has 1 rings (SSSR count). The summed E-state index contributed by atoms with van der Waals surface area (Å²) in [7, 11) is 0. The molecular formula is C11H18N2O3S. The summed E-state index contributed by atoms with van der Waals surface area (Å²) in [5.41, 5.74) is 0.0396. The van der Waals surface area contributed by atoms with Gasteiger partial charge in [0.25, 0.3) is 0 Å². The molecular weight excluding hydrogens is 240 g/mol. The lowest BCUT2D eigenvalue weighted by Crippen LogP contribution is -2.29. The molecule has 5 nitrogen and oxygen atoms in total. The van der Waals surface area contributed by atoms with Gasteiger partial charge in [0.1, 0.15) is 0 Å². The fraction of sp³-hybridized carbons (Fsp3) is 0.636. The molecule has 6 heteroatoms. The third kappa shape index (κ3) is 4.80. The van der Waals surface area contributed by atoms with Gasteiger partial charge < -0.3 is 10.4 Å². The summed E-state index contributed by atoms with van der Waals surface area (Å²) in [4.78, 5) is 11.1. The average Bonchev–Trinajstić information content (AvgIpc) is 2.66. The first kappa shape index (κ1) is 14.1. The van der Waals surface area contributed by atoms with E-state index in [0.717, 1.165) is 17.8 Å². The van der Waals surface area contributed by atoms with Crippen molar-refractivity contribution in [3.63, 3.8) is 0 Å². The molecule has 0 unspecified atom stereocenters. The van der Waals surface area contributed by atoms with Crippen LogP contribution in [-0.4, -0.2) is 23.2 Å². The number of hydrogen-bond acceptors (Lipinski definition) is 5. The van der Waals surface area contributed by atoms with Gasteiger partial charge in [0.15, 0.2) is 0 Å². The molecule has 0 radical (unpaired) electrons. The minimum atomic E-state index is -0.371. The van der Waals surface area contributed by atoms with Crippen molar-refractivity contribution in [2.45, 2.75) is 26.8 Å². The second-order valence-corrected chi connectivity index (χ2v) is 5.89. The number of thiophene rings is 1. The largest absolute Gasteiger partial charge is 0.396 e. The summed E-state index contributed by atoms with van der Waals surface area (Å²) in [6.07, 6.45) is 0.741. The van der Waals surface area contributed by atoms with Gasteiger partial charge in [-0.3, -0.25) is 10.1 Å².